The smallest absolute Gasteiger partial charge is 0.231 e. The zero-order valence-electron chi connectivity index (χ0n) is 16.1. The van der Waals surface area contributed by atoms with Gasteiger partial charge in [0.25, 0.3) is 0 Å². The lowest BCUT2D eigenvalue weighted by Gasteiger charge is -2.09. The van der Waals surface area contributed by atoms with Gasteiger partial charge in [-0.25, -0.2) is 4.99 Å². The summed E-state index contributed by atoms with van der Waals surface area (Å²) in [5, 5.41) is 3.12. The van der Waals surface area contributed by atoms with Crippen molar-refractivity contribution < 1.29 is 14.2 Å². The molecule has 3 aromatic carbocycles. The average molecular weight is 403 g/mol. The molecule has 0 radical (unpaired) electrons. The number of guanidine groups is 2. The maximum atomic E-state index is 5.80. The molecule has 8 nitrogen and oxygen atoms in total. The SMILES string of the molecule is NC(N)=NC(=NCc1ccc2c(c1)OCO2)Nc1ccc(Oc2ccccc2)cc1. The van der Waals surface area contributed by atoms with E-state index in [0.29, 0.717) is 24.0 Å². The fourth-order valence-electron chi connectivity index (χ4n) is 2.79. The Labute approximate surface area is 173 Å². The lowest BCUT2D eigenvalue weighted by molar-refractivity contribution is 0.174. The van der Waals surface area contributed by atoms with Crippen LogP contribution in [0.5, 0.6) is 23.0 Å². The van der Waals surface area contributed by atoms with Crippen molar-refractivity contribution in [2.45, 2.75) is 6.54 Å². The van der Waals surface area contributed by atoms with Gasteiger partial charge in [0.2, 0.25) is 12.8 Å². The van der Waals surface area contributed by atoms with Crippen molar-refractivity contribution in [2.75, 3.05) is 12.1 Å². The molecule has 0 amide bonds. The summed E-state index contributed by atoms with van der Waals surface area (Å²) in [6.45, 7) is 0.595. The van der Waals surface area contributed by atoms with Gasteiger partial charge in [0.15, 0.2) is 17.5 Å². The lowest BCUT2D eigenvalue weighted by atomic mass is 10.2. The van der Waals surface area contributed by atoms with E-state index in [0.717, 1.165) is 22.7 Å². The van der Waals surface area contributed by atoms with Gasteiger partial charge in [-0.2, -0.15) is 4.99 Å². The first-order valence-electron chi connectivity index (χ1n) is 9.28. The second-order valence-corrected chi connectivity index (χ2v) is 6.43. The number of aliphatic imine (C=N–C) groups is 2. The van der Waals surface area contributed by atoms with Gasteiger partial charge in [0, 0.05) is 5.69 Å². The molecular weight excluding hydrogens is 382 g/mol. The Hall–Kier alpha value is -4.20. The van der Waals surface area contributed by atoms with Crippen LogP contribution in [0, 0.1) is 0 Å². The number of ether oxygens (including phenoxy) is 3. The third kappa shape index (κ3) is 4.99. The molecule has 1 aliphatic heterocycles. The number of nitrogens with two attached hydrogens (primary N) is 2. The van der Waals surface area contributed by atoms with Crippen molar-refractivity contribution in [3.05, 3.63) is 78.4 Å². The van der Waals surface area contributed by atoms with Crippen LogP contribution in [0.25, 0.3) is 0 Å². The maximum Gasteiger partial charge on any atom is 0.231 e. The van der Waals surface area contributed by atoms with Crippen molar-refractivity contribution in [1.82, 2.24) is 0 Å². The molecule has 1 heterocycles. The van der Waals surface area contributed by atoms with E-state index >= 15 is 0 Å². The van der Waals surface area contributed by atoms with E-state index in [1.165, 1.54) is 0 Å². The molecule has 0 saturated carbocycles. The summed E-state index contributed by atoms with van der Waals surface area (Å²) in [7, 11) is 0. The summed E-state index contributed by atoms with van der Waals surface area (Å²) in [6, 6.07) is 22.6. The van der Waals surface area contributed by atoms with E-state index in [9.17, 15) is 0 Å². The highest BCUT2D eigenvalue weighted by atomic mass is 16.7. The van der Waals surface area contributed by atoms with Gasteiger partial charge in [-0.3, -0.25) is 0 Å². The number of hydrogen-bond donors (Lipinski definition) is 3. The fraction of sp³-hybridized carbons (Fsp3) is 0.0909. The predicted molar refractivity (Wildman–Crippen MR) is 116 cm³/mol. The predicted octanol–water partition coefficient (Wildman–Crippen LogP) is 3.45. The Morgan fingerprint density at radius 2 is 1.63 bits per heavy atom. The molecule has 0 saturated heterocycles. The molecular formula is C22H21N5O3. The maximum absolute atomic E-state index is 5.80. The first kappa shape index (κ1) is 19.1. The topological polar surface area (TPSA) is 116 Å². The first-order chi connectivity index (χ1) is 14.7. The summed E-state index contributed by atoms with van der Waals surface area (Å²) in [5.41, 5.74) is 12.8. The third-order valence-electron chi connectivity index (χ3n) is 4.17. The number of rotatable bonds is 5. The molecule has 3 aromatic rings. The normalized spacial score (nSPS) is 12.3. The summed E-state index contributed by atoms with van der Waals surface area (Å²) < 4.78 is 16.5. The van der Waals surface area contributed by atoms with Gasteiger partial charge in [-0.15, -0.1) is 0 Å². The van der Waals surface area contributed by atoms with Gasteiger partial charge >= 0.3 is 0 Å². The third-order valence-corrected chi connectivity index (χ3v) is 4.17. The van der Waals surface area contributed by atoms with E-state index in [2.05, 4.69) is 15.3 Å². The van der Waals surface area contributed by atoms with Gasteiger partial charge in [0.1, 0.15) is 11.5 Å². The molecule has 0 fully saturated rings. The van der Waals surface area contributed by atoms with E-state index < -0.39 is 0 Å². The first-order valence-corrected chi connectivity index (χ1v) is 9.28. The molecule has 0 aromatic heterocycles. The minimum Gasteiger partial charge on any atom is -0.457 e. The Kier molecular flexibility index (Phi) is 5.66. The summed E-state index contributed by atoms with van der Waals surface area (Å²) in [6.07, 6.45) is 0. The zero-order chi connectivity index (χ0) is 20.8. The minimum atomic E-state index is -0.0871. The monoisotopic (exact) mass is 403 g/mol. The molecule has 0 aliphatic carbocycles. The highest BCUT2D eigenvalue weighted by Gasteiger charge is 2.13. The molecule has 1 aliphatic rings. The molecule has 5 N–H and O–H groups in total. The van der Waals surface area contributed by atoms with Crippen LogP contribution in [0.15, 0.2) is 82.8 Å². The molecule has 0 bridgehead atoms. The van der Waals surface area contributed by atoms with Gasteiger partial charge in [-0.1, -0.05) is 24.3 Å². The molecule has 0 spiro atoms. The number of para-hydroxylation sites is 1. The second kappa shape index (κ2) is 8.87. The van der Waals surface area contributed by atoms with Crippen LogP contribution in [-0.2, 0) is 6.54 Å². The van der Waals surface area contributed by atoms with Crippen LogP contribution in [0.3, 0.4) is 0 Å². The van der Waals surface area contributed by atoms with Gasteiger partial charge in [0.05, 0.1) is 6.54 Å². The van der Waals surface area contributed by atoms with Gasteiger partial charge < -0.3 is 31.0 Å². The van der Waals surface area contributed by atoms with Crippen LogP contribution in [0.2, 0.25) is 0 Å². The van der Waals surface area contributed by atoms with Gasteiger partial charge in [-0.05, 0) is 54.1 Å². The molecule has 152 valence electrons. The van der Waals surface area contributed by atoms with E-state index in [-0.39, 0.29) is 12.8 Å². The van der Waals surface area contributed by atoms with E-state index in [4.69, 9.17) is 25.7 Å². The number of hydrogen-bond acceptors (Lipinski definition) is 4. The van der Waals surface area contributed by atoms with Crippen molar-refractivity contribution in [1.29, 1.82) is 0 Å². The second-order valence-electron chi connectivity index (χ2n) is 6.43. The van der Waals surface area contributed by atoms with Crippen LogP contribution < -0.4 is 31.0 Å². The Morgan fingerprint density at radius 3 is 2.40 bits per heavy atom. The number of benzene rings is 3. The van der Waals surface area contributed by atoms with Crippen molar-refractivity contribution >= 4 is 17.6 Å². The Bertz CT molecular complexity index is 1060. The largest absolute Gasteiger partial charge is 0.457 e. The van der Waals surface area contributed by atoms with Crippen LogP contribution in [0.4, 0.5) is 5.69 Å². The van der Waals surface area contributed by atoms with E-state index in [1.54, 1.807) is 0 Å². The fourth-order valence-corrected chi connectivity index (χ4v) is 2.79. The number of nitrogens with zero attached hydrogens (tertiary/aromatic N) is 2. The quantitative estimate of drug-likeness (QED) is 0.444. The molecule has 0 atom stereocenters. The summed E-state index contributed by atoms with van der Waals surface area (Å²) >= 11 is 0. The van der Waals surface area contributed by atoms with E-state index in [1.807, 2.05) is 72.8 Å². The van der Waals surface area contributed by atoms with Crippen LogP contribution in [-0.4, -0.2) is 18.7 Å². The number of nitrogens with one attached hydrogen (secondary N) is 1. The summed E-state index contributed by atoms with van der Waals surface area (Å²) in [5.74, 6) is 3.12. The average Bonchev–Trinajstić information content (AvgIpc) is 3.22. The highest BCUT2D eigenvalue weighted by molar-refractivity contribution is 6.01. The van der Waals surface area contributed by atoms with Crippen molar-refractivity contribution in [3.8, 4) is 23.0 Å². The Balaban J connectivity index is 1.45. The van der Waals surface area contributed by atoms with Crippen molar-refractivity contribution in [3.63, 3.8) is 0 Å². The summed E-state index contributed by atoms with van der Waals surface area (Å²) in [4.78, 5) is 8.55. The number of fused-ring (bicyclic) bond motifs is 1. The molecule has 30 heavy (non-hydrogen) atoms. The molecule has 0 unspecified atom stereocenters. The van der Waals surface area contributed by atoms with Crippen LogP contribution in [0.1, 0.15) is 5.56 Å². The van der Waals surface area contributed by atoms with Crippen molar-refractivity contribution in [2.24, 2.45) is 21.5 Å². The lowest BCUT2D eigenvalue weighted by Crippen LogP contribution is -2.26. The molecule has 4 rings (SSSR count). The number of anilines is 1. The minimum absolute atomic E-state index is 0.0871. The Morgan fingerprint density at radius 1 is 0.900 bits per heavy atom. The standard InChI is InChI=1S/C22H21N5O3/c23-21(24)27-22(25-13-15-6-11-19-20(12-15)29-14-28-19)26-16-7-9-18(10-8-16)30-17-4-2-1-3-5-17/h1-12H,13-14H2,(H5,23,24,25,26,27). The zero-order valence-corrected chi connectivity index (χ0v) is 16.1. The highest BCUT2D eigenvalue weighted by Crippen LogP contribution is 2.32. The molecule has 8 heteroatoms. The van der Waals surface area contributed by atoms with Crippen LogP contribution >= 0.6 is 0 Å².